The first-order valence-corrected chi connectivity index (χ1v) is 11.6. The Kier molecular flexibility index (Phi) is 5.55. The molecule has 0 unspecified atom stereocenters. The van der Waals surface area contributed by atoms with Gasteiger partial charge in [-0.1, -0.05) is 0 Å². The maximum atomic E-state index is 12.7. The number of anilines is 1. The molecule has 1 saturated heterocycles. The summed E-state index contributed by atoms with van der Waals surface area (Å²) in [6.45, 7) is 8.70. The van der Waals surface area contributed by atoms with Crippen LogP contribution in [0.4, 0.5) is 19.0 Å². The average Bonchev–Trinajstić information content (AvgIpc) is 3.09. The molecule has 0 radical (unpaired) electrons. The summed E-state index contributed by atoms with van der Waals surface area (Å²) < 4.78 is 44.3. The summed E-state index contributed by atoms with van der Waals surface area (Å²) in [5, 5.41) is 4.74. The molecule has 3 aliphatic rings. The number of hydrogen-bond acceptors (Lipinski definition) is 6. The summed E-state index contributed by atoms with van der Waals surface area (Å²) in [4.78, 5) is 8.94. The van der Waals surface area contributed by atoms with Crippen LogP contribution in [0.3, 0.4) is 0 Å². The Bertz CT molecular complexity index is 1000. The third-order valence-electron chi connectivity index (χ3n) is 7.47. The van der Waals surface area contributed by atoms with Gasteiger partial charge in [0.25, 0.3) is 0 Å². The molecule has 2 aromatic heterocycles. The van der Waals surface area contributed by atoms with E-state index >= 15 is 0 Å². The highest BCUT2D eigenvalue weighted by atomic mass is 19.4. The van der Waals surface area contributed by atoms with Crippen LogP contribution in [0.2, 0.25) is 0 Å². The number of nitrogen functional groups attached to an aromatic ring is 1. The van der Waals surface area contributed by atoms with E-state index in [0.29, 0.717) is 35.1 Å². The van der Waals surface area contributed by atoms with E-state index in [9.17, 15) is 13.2 Å². The lowest BCUT2D eigenvalue weighted by molar-refractivity contribution is -0.274. The Morgan fingerprint density at radius 1 is 1.09 bits per heavy atom. The Hall–Kier alpha value is -2.33. The normalized spacial score (nSPS) is 28.3. The van der Waals surface area contributed by atoms with Crippen LogP contribution in [0.1, 0.15) is 44.3 Å². The SMILES string of the molecule is CC(C)n1nc(-c2cnc(N)c(OC(F)(F)F)c2)cc1[C@H]1[C@@H]2C[C@@H](N3CCN(C)CC3)C[C@@H]21. The molecule has 3 fully saturated rings. The van der Waals surface area contributed by atoms with Crippen LogP contribution >= 0.6 is 0 Å². The second-order valence-corrected chi connectivity index (χ2v) is 9.97. The lowest BCUT2D eigenvalue weighted by Gasteiger charge is -2.37. The van der Waals surface area contributed by atoms with Crippen LogP contribution in [-0.4, -0.2) is 70.2 Å². The number of halogens is 3. The zero-order valence-electron chi connectivity index (χ0n) is 19.2. The number of aromatic nitrogens is 3. The molecule has 2 aromatic rings. The lowest BCUT2D eigenvalue weighted by Crippen LogP contribution is -2.48. The van der Waals surface area contributed by atoms with Gasteiger partial charge in [-0.05, 0) is 57.7 Å². The lowest BCUT2D eigenvalue weighted by atomic mass is 10.0. The van der Waals surface area contributed by atoms with Crippen molar-refractivity contribution >= 4 is 5.82 Å². The van der Waals surface area contributed by atoms with Crippen molar-refractivity contribution < 1.29 is 17.9 Å². The predicted octanol–water partition coefficient (Wildman–Crippen LogP) is 3.75. The highest BCUT2D eigenvalue weighted by Gasteiger charge is 2.58. The molecule has 1 aliphatic heterocycles. The summed E-state index contributed by atoms with van der Waals surface area (Å²) in [6.07, 6.45) is -0.954. The fourth-order valence-electron chi connectivity index (χ4n) is 5.75. The first-order valence-electron chi connectivity index (χ1n) is 11.6. The molecule has 0 bridgehead atoms. The summed E-state index contributed by atoms with van der Waals surface area (Å²) in [5.74, 6) is 0.978. The fourth-order valence-corrected chi connectivity index (χ4v) is 5.75. The number of piperazine rings is 1. The quantitative estimate of drug-likeness (QED) is 0.727. The van der Waals surface area contributed by atoms with E-state index in [4.69, 9.17) is 10.8 Å². The number of pyridine rings is 1. The minimum Gasteiger partial charge on any atom is -0.402 e. The minimum atomic E-state index is -4.83. The summed E-state index contributed by atoms with van der Waals surface area (Å²) >= 11 is 0. The smallest absolute Gasteiger partial charge is 0.402 e. The van der Waals surface area contributed by atoms with Gasteiger partial charge < -0.3 is 15.4 Å². The van der Waals surface area contributed by atoms with Crippen LogP contribution in [0, 0.1) is 11.8 Å². The second-order valence-electron chi connectivity index (χ2n) is 9.97. The van der Waals surface area contributed by atoms with Gasteiger partial charge in [0.2, 0.25) is 0 Å². The van der Waals surface area contributed by atoms with Crippen molar-refractivity contribution in [3.63, 3.8) is 0 Å². The zero-order valence-corrected chi connectivity index (χ0v) is 19.2. The van der Waals surface area contributed by atoms with Gasteiger partial charge >= 0.3 is 6.36 Å². The first-order chi connectivity index (χ1) is 15.6. The molecular formula is C23H31F3N6O. The second kappa shape index (κ2) is 8.16. The molecule has 2 saturated carbocycles. The molecule has 4 atom stereocenters. The zero-order chi connectivity index (χ0) is 23.5. The van der Waals surface area contributed by atoms with Crippen LogP contribution in [0.15, 0.2) is 18.3 Å². The summed E-state index contributed by atoms with van der Waals surface area (Å²) in [7, 11) is 2.18. The van der Waals surface area contributed by atoms with Gasteiger partial charge in [-0.2, -0.15) is 5.10 Å². The van der Waals surface area contributed by atoms with Crippen LogP contribution in [0.5, 0.6) is 5.75 Å². The average molecular weight is 465 g/mol. The van der Waals surface area contributed by atoms with Gasteiger partial charge in [0.15, 0.2) is 11.6 Å². The Balaban J connectivity index is 1.34. The van der Waals surface area contributed by atoms with Gasteiger partial charge in [0, 0.05) is 61.6 Å². The molecule has 0 aromatic carbocycles. The van der Waals surface area contributed by atoms with Crippen molar-refractivity contribution in [1.29, 1.82) is 0 Å². The number of nitrogens with zero attached hydrogens (tertiary/aromatic N) is 5. The number of nitrogens with two attached hydrogens (primary N) is 1. The third-order valence-corrected chi connectivity index (χ3v) is 7.47. The fraction of sp³-hybridized carbons (Fsp3) is 0.652. The van der Waals surface area contributed by atoms with Crippen LogP contribution in [-0.2, 0) is 0 Å². The Morgan fingerprint density at radius 3 is 2.36 bits per heavy atom. The van der Waals surface area contributed by atoms with Crippen LogP contribution in [0.25, 0.3) is 11.3 Å². The van der Waals surface area contributed by atoms with Gasteiger partial charge in [0.05, 0.1) is 5.69 Å². The van der Waals surface area contributed by atoms with Crippen molar-refractivity contribution in [1.82, 2.24) is 24.6 Å². The minimum absolute atomic E-state index is 0.149. The number of alkyl halides is 3. The van der Waals surface area contributed by atoms with E-state index in [-0.39, 0.29) is 11.9 Å². The number of rotatable bonds is 5. The van der Waals surface area contributed by atoms with Crippen molar-refractivity contribution in [2.75, 3.05) is 39.0 Å². The molecule has 7 nitrogen and oxygen atoms in total. The largest absolute Gasteiger partial charge is 0.573 e. The maximum Gasteiger partial charge on any atom is 0.573 e. The molecule has 0 amide bonds. The van der Waals surface area contributed by atoms with Crippen molar-refractivity contribution in [3.05, 3.63) is 24.0 Å². The predicted molar refractivity (Wildman–Crippen MR) is 119 cm³/mol. The highest BCUT2D eigenvalue weighted by molar-refractivity contribution is 5.64. The van der Waals surface area contributed by atoms with Crippen LogP contribution < -0.4 is 10.5 Å². The van der Waals surface area contributed by atoms with E-state index in [1.165, 1.54) is 30.8 Å². The highest BCUT2D eigenvalue weighted by Crippen LogP contribution is 2.64. The molecule has 2 N–H and O–H groups in total. The van der Waals surface area contributed by atoms with Gasteiger partial charge in [-0.15, -0.1) is 13.2 Å². The molecule has 0 spiro atoms. The van der Waals surface area contributed by atoms with E-state index in [0.717, 1.165) is 26.2 Å². The Labute approximate surface area is 191 Å². The number of fused-ring (bicyclic) bond motifs is 1. The molecule has 33 heavy (non-hydrogen) atoms. The van der Waals surface area contributed by atoms with E-state index in [1.54, 1.807) is 0 Å². The van der Waals surface area contributed by atoms with Gasteiger partial charge in [-0.3, -0.25) is 9.58 Å². The van der Waals surface area contributed by atoms with Crippen molar-refractivity contribution in [2.24, 2.45) is 11.8 Å². The van der Waals surface area contributed by atoms with E-state index in [2.05, 4.69) is 40.4 Å². The molecule has 180 valence electrons. The topological polar surface area (TPSA) is 72.4 Å². The molecular weight excluding hydrogens is 433 g/mol. The Morgan fingerprint density at radius 2 is 1.76 bits per heavy atom. The molecule has 5 rings (SSSR count). The number of ether oxygens (including phenoxy) is 1. The van der Waals surface area contributed by atoms with Crippen molar-refractivity contribution in [2.45, 2.75) is 51.1 Å². The summed E-state index contributed by atoms with van der Waals surface area (Å²) in [6, 6.07) is 4.10. The monoisotopic (exact) mass is 464 g/mol. The third kappa shape index (κ3) is 4.42. The molecule has 3 heterocycles. The maximum absolute atomic E-state index is 12.7. The standard InChI is InChI=1S/C23H31F3N6O/c1-13(2)32-19(21-16-9-15(10-17(16)21)31-6-4-30(3)5-7-31)11-18(29-32)14-8-20(22(27)28-12-14)33-23(24,25)26/h8,11-13,15-17,21H,4-7,9-10H2,1-3H3,(H2,27,28)/t15-,16-,17+,21+. The molecule has 10 heteroatoms. The number of hydrogen-bond donors (Lipinski definition) is 1. The number of likely N-dealkylation sites (N-methyl/N-ethyl adjacent to an activating group) is 1. The van der Waals surface area contributed by atoms with E-state index in [1.807, 2.05) is 10.7 Å². The van der Waals surface area contributed by atoms with Crippen molar-refractivity contribution in [3.8, 4) is 17.0 Å². The van der Waals surface area contributed by atoms with E-state index < -0.39 is 12.1 Å². The summed E-state index contributed by atoms with van der Waals surface area (Å²) in [5.41, 5.74) is 7.82. The van der Waals surface area contributed by atoms with Gasteiger partial charge in [0.1, 0.15) is 0 Å². The van der Waals surface area contributed by atoms with Gasteiger partial charge in [-0.25, -0.2) is 4.98 Å². The molecule has 2 aliphatic carbocycles. The first kappa shape index (κ1) is 22.5.